The Morgan fingerprint density at radius 2 is 1.92 bits per heavy atom. The number of benzene rings is 1. The molecule has 1 fully saturated rings. The summed E-state index contributed by atoms with van der Waals surface area (Å²) in [4.78, 5) is 2.81. The van der Waals surface area contributed by atoms with E-state index in [4.69, 9.17) is 4.18 Å². The van der Waals surface area contributed by atoms with Crippen LogP contribution in [0.3, 0.4) is 0 Å². The lowest BCUT2D eigenvalue weighted by Crippen LogP contribution is -2.23. The lowest BCUT2D eigenvalue weighted by atomic mass is 9.87. The van der Waals surface area contributed by atoms with Crippen molar-refractivity contribution in [3.63, 3.8) is 0 Å². The molecule has 0 N–H and O–H groups in total. The van der Waals surface area contributed by atoms with Gasteiger partial charge in [0.15, 0.2) is 9.84 Å². The van der Waals surface area contributed by atoms with Crippen molar-refractivity contribution in [3.05, 3.63) is 47.0 Å². The summed E-state index contributed by atoms with van der Waals surface area (Å²) in [5.74, 6) is 1.36. The van der Waals surface area contributed by atoms with Crippen LogP contribution < -0.4 is 0 Å². The maximum Gasteiger partial charge on any atom is 0.175 e. The predicted octanol–water partition coefficient (Wildman–Crippen LogP) is 4.11. The summed E-state index contributed by atoms with van der Waals surface area (Å²) in [6.45, 7) is 6.27. The number of sulfone groups is 1. The molecule has 2 aliphatic heterocycles. The van der Waals surface area contributed by atoms with Crippen LogP contribution in [0.15, 0.2) is 46.3 Å². The quantitative estimate of drug-likeness (QED) is 0.573. The molecular formula is C20H25NO3S2. The first kappa shape index (κ1) is 18.1. The third-order valence-corrected chi connectivity index (χ3v) is 7.83. The monoisotopic (exact) mass is 391 g/mol. The smallest absolute Gasteiger partial charge is 0.175 e. The van der Waals surface area contributed by atoms with Crippen molar-refractivity contribution < 1.29 is 12.6 Å². The number of likely N-dealkylation sites (tertiary alicyclic amines) is 1. The second-order valence-corrected chi connectivity index (χ2v) is 10.7. The van der Waals surface area contributed by atoms with E-state index in [9.17, 15) is 8.42 Å². The van der Waals surface area contributed by atoms with Crippen LogP contribution in [0.5, 0.6) is 0 Å². The molecule has 1 aromatic carbocycles. The summed E-state index contributed by atoms with van der Waals surface area (Å²) >= 11 is 1.47. The number of fused-ring (bicyclic) bond motifs is 1. The highest BCUT2D eigenvalue weighted by atomic mass is 32.2. The Morgan fingerprint density at radius 1 is 1.19 bits per heavy atom. The minimum atomic E-state index is -3.19. The van der Waals surface area contributed by atoms with Crippen LogP contribution in [-0.4, -0.2) is 38.3 Å². The molecular weight excluding hydrogens is 366 g/mol. The summed E-state index contributed by atoms with van der Waals surface area (Å²) < 4.78 is 29.6. The fourth-order valence-corrected chi connectivity index (χ4v) is 5.90. The lowest BCUT2D eigenvalue weighted by Gasteiger charge is -2.23. The number of allylic oxidation sites excluding steroid dienone is 1. The minimum Gasteiger partial charge on any atom is -0.363 e. The zero-order valence-corrected chi connectivity index (χ0v) is 17.1. The standard InChI is InChI=1S/C20H25NO3S2/c1-20(2)18(14-8-10-17(11-9-14)26(3,22)23)19(25-24-20)21-12-15-6-4-5-7-16(15)13-21/h4,6,8-11,15-16H,5,7,12-13H2,1-3H3. The molecule has 0 aromatic heterocycles. The molecule has 1 aromatic rings. The molecule has 2 heterocycles. The van der Waals surface area contributed by atoms with E-state index in [2.05, 4.69) is 30.9 Å². The molecule has 0 spiro atoms. The molecule has 6 heteroatoms. The number of hydrogen-bond donors (Lipinski definition) is 0. The summed E-state index contributed by atoms with van der Waals surface area (Å²) in [7, 11) is -3.19. The van der Waals surface area contributed by atoms with E-state index in [1.54, 1.807) is 12.1 Å². The van der Waals surface area contributed by atoms with Gasteiger partial charge in [-0.25, -0.2) is 8.42 Å². The second-order valence-electron chi connectivity index (χ2n) is 7.99. The first-order chi connectivity index (χ1) is 12.3. The fourth-order valence-electron chi connectivity index (χ4n) is 4.20. The molecule has 140 valence electrons. The summed E-state index contributed by atoms with van der Waals surface area (Å²) in [5, 5.41) is 1.19. The number of rotatable bonds is 3. The second kappa shape index (κ2) is 6.43. The average molecular weight is 392 g/mol. The first-order valence-electron chi connectivity index (χ1n) is 9.08. The molecule has 4 rings (SSSR count). The van der Waals surface area contributed by atoms with Gasteiger partial charge in [0, 0.05) is 37.0 Å². The molecule has 1 saturated heterocycles. The van der Waals surface area contributed by atoms with Crippen molar-refractivity contribution in [1.29, 1.82) is 0 Å². The molecule has 2 atom stereocenters. The number of nitrogens with zero attached hydrogens (tertiary/aromatic N) is 1. The van der Waals surface area contributed by atoms with Crippen molar-refractivity contribution in [2.24, 2.45) is 11.8 Å². The molecule has 2 unspecified atom stereocenters. The van der Waals surface area contributed by atoms with Crippen molar-refractivity contribution in [2.45, 2.75) is 37.2 Å². The molecule has 0 bridgehead atoms. The Kier molecular flexibility index (Phi) is 4.48. The van der Waals surface area contributed by atoms with E-state index in [0.29, 0.717) is 10.8 Å². The molecule has 3 aliphatic rings. The average Bonchev–Trinajstić information content (AvgIpc) is 3.14. The lowest BCUT2D eigenvalue weighted by molar-refractivity contribution is 0.220. The van der Waals surface area contributed by atoms with Crippen LogP contribution in [0.2, 0.25) is 0 Å². The largest absolute Gasteiger partial charge is 0.363 e. The van der Waals surface area contributed by atoms with Crippen molar-refractivity contribution in [1.82, 2.24) is 4.90 Å². The third-order valence-electron chi connectivity index (χ3n) is 5.58. The highest BCUT2D eigenvalue weighted by Crippen LogP contribution is 2.50. The molecule has 0 saturated carbocycles. The maximum atomic E-state index is 11.8. The van der Waals surface area contributed by atoms with Gasteiger partial charge in [0.1, 0.15) is 10.6 Å². The maximum absolute atomic E-state index is 11.8. The van der Waals surface area contributed by atoms with Crippen LogP contribution in [0.4, 0.5) is 0 Å². The van der Waals surface area contributed by atoms with Crippen molar-refractivity contribution in [2.75, 3.05) is 19.3 Å². The molecule has 0 amide bonds. The van der Waals surface area contributed by atoms with E-state index in [-0.39, 0.29) is 0 Å². The Labute approximate surface area is 160 Å². The Balaban J connectivity index is 1.71. The van der Waals surface area contributed by atoms with E-state index in [1.165, 1.54) is 36.2 Å². The van der Waals surface area contributed by atoms with Gasteiger partial charge in [0.25, 0.3) is 0 Å². The van der Waals surface area contributed by atoms with E-state index >= 15 is 0 Å². The van der Waals surface area contributed by atoms with Gasteiger partial charge in [0.2, 0.25) is 0 Å². The van der Waals surface area contributed by atoms with Crippen LogP contribution in [0, 0.1) is 11.8 Å². The zero-order chi connectivity index (χ0) is 18.5. The van der Waals surface area contributed by atoms with Crippen molar-refractivity contribution in [3.8, 4) is 0 Å². The van der Waals surface area contributed by atoms with Gasteiger partial charge >= 0.3 is 0 Å². The van der Waals surface area contributed by atoms with Gasteiger partial charge in [0.05, 0.1) is 4.90 Å². The highest BCUT2D eigenvalue weighted by molar-refractivity contribution is 7.99. The van der Waals surface area contributed by atoms with Gasteiger partial charge in [-0.15, -0.1) is 0 Å². The summed E-state index contributed by atoms with van der Waals surface area (Å²) in [5.41, 5.74) is 1.79. The van der Waals surface area contributed by atoms with E-state index in [1.807, 2.05) is 12.1 Å². The van der Waals surface area contributed by atoms with E-state index < -0.39 is 15.4 Å². The van der Waals surface area contributed by atoms with Crippen molar-refractivity contribution >= 4 is 27.5 Å². The Bertz CT molecular complexity index is 869. The van der Waals surface area contributed by atoms with Gasteiger partial charge in [-0.05, 0) is 56.2 Å². The van der Waals surface area contributed by atoms with Crippen LogP contribution >= 0.6 is 12.0 Å². The third kappa shape index (κ3) is 3.23. The van der Waals surface area contributed by atoms with Crippen LogP contribution in [0.1, 0.15) is 32.3 Å². The summed E-state index contributed by atoms with van der Waals surface area (Å²) in [6, 6.07) is 7.21. The van der Waals surface area contributed by atoms with Gasteiger partial charge in [-0.3, -0.25) is 4.18 Å². The van der Waals surface area contributed by atoms with Crippen LogP contribution in [0.25, 0.3) is 5.57 Å². The Hall–Kier alpha value is -1.24. The highest BCUT2D eigenvalue weighted by Gasteiger charge is 2.42. The molecule has 1 aliphatic carbocycles. The molecule has 4 nitrogen and oxygen atoms in total. The number of hydrogen-bond acceptors (Lipinski definition) is 5. The Morgan fingerprint density at radius 3 is 2.58 bits per heavy atom. The molecule has 26 heavy (non-hydrogen) atoms. The predicted molar refractivity (Wildman–Crippen MR) is 106 cm³/mol. The SMILES string of the molecule is CC1(C)OSC(N2CC3C=CCCC3C2)=C1c1ccc(S(C)(=O)=O)cc1. The molecule has 0 radical (unpaired) electrons. The minimum absolute atomic E-state index is 0.352. The van der Waals surface area contributed by atoms with Gasteiger partial charge in [-0.2, -0.15) is 0 Å². The van der Waals surface area contributed by atoms with Gasteiger partial charge < -0.3 is 4.90 Å². The zero-order valence-electron chi connectivity index (χ0n) is 15.4. The van der Waals surface area contributed by atoms with Gasteiger partial charge in [-0.1, -0.05) is 24.3 Å². The topological polar surface area (TPSA) is 46.6 Å². The normalized spacial score (nSPS) is 27.9. The first-order valence-corrected chi connectivity index (χ1v) is 11.7. The fraction of sp³-hybridized carbons (Fsp3) is 0.500. The summed E-state index contributed by atoms with van der Waals surface area (Å²) in [6.07, 6.45) is 8.37. The van der Waals surface area contributed by atoms with Crippen LogP contribution in [-0.2, 0) is 14.0 Å². The van der Waals surface area contributed by atoms with E-state index in [0.717, 1.165) is 30.1 Å².